The van der Waals surface area contributed by atoms with Crippen LogP contribution in [0, 0.1) is 0 Å². The minimum Gasteiger partial charge on any atom is -0.396 e. The molecule has 0 spiro atoms. The summed E-state index contributed by atoms with van der Waals surface area (Å²) in [5, 5.41) is 13.1. The lowest BCUT2D eigenvalue weighted by molar-refractivity contribution is 0.288. The molecule has 3 aromatic carbocycles. The number of hydrogen-bond acceptors (Lipinski definition) is 1. The van der Waals surface area contributed by atoms with Crippen LogP contribution in [0.4, 0.5) is 0 Å². The number of benzene rings is 3. The van der Waals surface area contributed by atoms with Crippen LogP contribution in [0.25, 0.3) is 0 Å². The first kappa shape index (κ1) is 18.9. The maximum atomic E-state index is 8.97. The maximum Gasteiger partial charge on any atom is 0.0434 e. The molecule has 0 radical (unpaired) electrons. The molecule has 0 atom stereocenters. The topological polar surface area (TPSA) is 20.2 Å². The monoisotopic (exact) mass is 400 g/mol. The number of aliphatic hydroxyl groups is 1. The molecule has 3 aromatic rings. The van der Waals surface area contributed by atoms with E-state index in [-0.39, 0.29) is 23.6 Å². The molecular weight excluding hydrogens is 379 g/mol. The van der Waals surface area contributed by atoms with Gasteiger partial charge in [-0.25, -0.2) is 0 Å². The molecule has 0 fully saturated rings. The average Bonchev–Trinajstić information content (AvgIpc) is 2.63. The van der Waals surface area contributed by atoms with Crippen LogP contribution in [0.15, 0.2) is 84.9 Å². The van der Waals surface area contributed by atoms with Crippen molar-refractivity contribution in [3.63, 3.8) is 0 Å². The van der Waals surface area contributed by atoms with Crippen LogP contribution in [0.1, 0.15) is 12.0 Å². The Morgan fingerprint density at radius 1 is 0.625 bits per heavy atom. The summed E-state index contributed by atoms with van der Waals surface area (Å²) in [5.74, 6) is 0. The summed E-state index contributed by atoms with van der Waals surface area (Å²) in [6, 6.07) is 30.4. The van der Waals surface area contributed by atoms with Crippen LogP contribution >= 0.6 is 24.9 Å². The Balaban J connectivity index is 0.00000208. The largest absolute Gasteiger partial charge is 0.396 e. The van der Waals surface area contributed by atoms with Gasteiger partial charge in [-0.3, -0.25) is 0 Å². The molecule has 1 N–H and O–H groups in total. The lowest BCUT2D eigenvalue weighted by atomic mass is 10.1. The zero-order chi connectivity index (χ0) is 15.9. The number of aryl methyl sites for hydroxylation is 1. The third-order valence-corrected chi connectivity index (χ3v) is 6.29. The van der Waals surface area contributed by atoms with Crippen LogP contribution in [0.2, 0.25) is 0 Å². The SMILES string of the molecule is Br.OCCCc1ccc(P(c2ccccc2)c2ccccc2)cc1. The molecule has 0 saturated heterocycles. The van der Waals surface area contributed by atoms with Gasteiger partial charge in [0.25, 0.3) is 0 Å². The average molecular weight is 401 g/mol. The van der Waals surface area contributed by atoms with E-state index in [9.17, 15) is 0 Å². The Labute approximate surface area is 155 Å². The lowest BCUT2D eigenvalue weighted by Gasteiger charge is -2.19. The smallest absolute Gasteiger partial charge is 0.0434 e. The molecule has 0 heterocycles. The van der Waals surface area contributed by atoms with E-state index in [1.807, 2.05) is 0 Å². The predicted octanol–water partition coefficient (Wildman–Crippen LogP) is 3.95. The van der Waals surface area contributed by atoms with Crippen LogP contribution in [0.3, 0.4) is 0 Å². The molecule has 0 aromatic heterocycles. The van der Waals surface area contributed by atoms with Crippen molar-refractivity contribution in [2.75, 3.05) is 6.61 Å². The van der Waals surface area contributed by atoms with Gasteiger partial charge in [0, 0.05) is 6.61 Å². The second kappa shape index (κ2) is 9.74. The molecule has 1 nitrogen and oxygen atoms in total. The molecule has 0 unspecified atom stereocenters. The molecule has 0 aliphatic rings. The van der Waals surface area contributed by atoms with Crippen LogP contribution in [-0.4, -0.2) is 11.7 Å². The summed E-state index contributed by atoms with van der Waals surface area (Å²) >= 11 is 0. The van der Waals surface area contributed by atoms with E-state index in [2.05, 4.69) is 84.9 Å². The number of halogens is 1. The van der Waals surface area contributed by atoms with Crippen molar-refractivity contribution in [1.82, 2.24) is 0 Å². The normalized spacial score (nSPS) is 10.4. The highest BCUT2D eigenvalue weighted by Crippen LogP contribution is 2.32. The highest BCUT2D eigenvalue weighted by atomic mass is 79.9. The van der Waals surface area contributed by atoms with Crippen molar-refractivity contribution in [2.24, 2.45) is 0 Å². The highest BCUT2D eigenvalue weighted by molar-refractivity contribution is 8.93. The Morgan fingerprint density at radius 3 is 1.54 bits per heavy atom. The third-order valence-electron chi connectivity index (χ3n) is 3.85. The molecule has 0 bridgehead atoms. The van der Waals surface area contributed by atoms with Gasteiger partial charge in [-0.05, 0) is 42.2 Å². The van der Waals surface area contributed by atoms with Gasteiger partial charge in [-0.15, -0.1) is 17.0 Å². The second-order valence-corrected chi connectivity index (χ2v) is 7.72. The van der Waals surface area contributed by atoms with E-state index in [1.54, 1.807) is 0 Å². The zero-order valence-corrected chi connectivity index (χ0v) is 16.1. The molecule has 3 rings (SSSR count). The van der Waals surface area contributed by atoms with Gasteiger partial charge in [0.05, 0.1) is 0 Å². The summed E-state index contributed by atoms with van der Waals surface area (Å²) in [4.78, 5) is 0. The molecule has 0 aliphatic carbocycles. The third kappa shape index (κ3) is 4.77. The second-order valence-electron chi connectivity index (χ2n) is 5.50. The van der Waals surface area contributed by atoms with Crippen molar-refractivity contribution in [1.29, 1.82) is 0 Å². The first-order valence-corrected chi connectivity index (χ1v) is 9.32. The van der Waals surface area contributed by atoms with Gasteiger partial charge in [0.15, 0.2) is 0 Å². The summed E-state index contributed by atoms with van der Waals surface area (Å²) in [7, 11) is -0.521. The Hall–Kier alpha value is -1.47. The molecule has 0 amide bonds. The minimum atomic E-state index is -0.521. The quantitative estimate of drug-likeness (QED) is 0.621. The van der Waals surface area contributed by atoms with Crippen molar-refractivity contribution >= 4 is 40.8 Å². The molecule has 3 heteroatoms. The van der Waals surface area contributed by atoms with Gasteiger partial charge in [0.2, 0.25) is 0 Å². The fourth-order valence-electron chi connectivity index (χ4n) is 2.70. The van der Waals surface area contributed by atoms with Gasteiger partial charge < -0.3 is 5.11 Å². The Kier molecular flexibility index (Phi) is 7.65. The molecule has 24 heavy (non-hydrogen) atoms. The molecular formula is C21H22BrOP. The van der Waals surface area contributed by atoms with Crippen molar-refractivity contribution in [2.45, 2.75) is 12.8 Å². The van der Waals surface area contributed by atoms with Crippen LogP contribution < -0.4 is 15.9 Å². The number of rotatable bonds is 6. The standard InChI is InChI=1S/C21H21OP.BrH/c22-17-7-8-18-13-15-21(16-14-18)23(19-9-3-1-4-10-19)20-11-5-2-6-12-20;/h1-6,9-16,22H,7-8,17H2;1H. The Morgan fingerprint density at radius 2 is 1.08 bits per heavy atom. The van der Waals surface area contributed by atoms with E-state index in [0.717, 1.165) is 12.8 Å². The van der Waals surface area contributed by atoms with Crippen molar-refractivity contribution in [3.05, 3.63) is 90.5 Å². The molecule has 0 saturated carbocycles. The highest BCUT2D eigenvalue weighted by Gasteiger charge is 2.15. The summed E-state index contributed by atoms with van der Waals surface area (Å²) in [5.41, 5.74) is 1.29. The van der Waals surface area contributed by atoms with Crippen molar-refractivity contribution < 1.29 is 5.11 Å². The van der Waals surface area contributed by atoms with Crippen LogP contribution in [0.5, 0.6) is 0 Å². The first-order chi connectivity index (χ1) is 11.4. The van der Waals surface area contributed by atoms with Gasteiger partial charge >= 0.3 is 0 Å². The van der Waals surface area contributed by atoms with Crippen molar-refractivity contribution in [3.8, 4) is 0 Å². The summed E-state index contributed by atoms with van der Waals surface area (Å²) in [6.45, 7) is 0.252. The number of hydrogen-bond donors (Lipinski definition) is 1. The van der Waals surface area contributed by atoms with Crippen LogP contribution in [-0.2, 0) is 6.42 Å². The van der Waals surface area contributed by atoms with Gasteiger partial charge in [-0.1, -0.05) is 84.9 Å². The van der Waals surface area contributed by atoms with E-state index >= 15 is 0 Å². The fraction of sp³-hybridized carbons (Fsp3) is 0.143. The number of aliphatic hydroxyl groups excluding tert-OH is 1. The first-order valence-electron chi connectivity index (χ1n) is 7.98. The zero-order valence-electron chi connectivity index (χ0n) is 13.5. The van der Waals surface area contributed by atoms with E-state index in [0.29, 0.717) is 0 Å². The van der Waals surface area contributed by atoms with E-state index < -0.39 is 7.92 Å². The Bertz CT molecular complexity index is 674. The summed E-state index contributed by atoms with van der Waals surface area (Å²) in [6.07, 6.45) is 1.76. The lowest BCUT2D eigenvalue weighted by Crippen LogP contribution is -2.20. The minimum absolute atomic E-state index is 0. The van der Waals surface area contributed by atoms with Gasteiger partial charge in [-0.2, -0.15) is 0 Å². The molecule has 0 aliphatic heterocycles. The predicted molar refractivity (Wildman–Crippen MR) is 111 cm³/mol. The van der Waals surface area contributed by atoms with Gasteiger partial charge in [0.1, 0.15) is 0 Å². The maximum absolute atomic E-state index is 8.97. The summed E-state index contributed by atoms with van der Waals surface area (Å²) < 4.78 is 0. The molecule has 124 valence electrons. The van der Waals surface area contributed by atoms with E-state index in [1.165, 1.54) is 21.5 Å². The fourth-order valence-corrected chi connectivity index (χ4v) is 4.98. The van der Waals surface area contributed by atoms with E-state index in [4.69, 9.17) is 5.11 Å².